The number of non-ortho nitro benzene ring substituents is 1. The Morgan fingerprint density at radius 1 is 1.16 bits per heavy atom. The fourth-order valence-electron chi connectivity index (χ4n) is 4.01. The molecule has 162 valence electrons. The van der Waals surface area contributed by atoms with Gasteiger partial charge in [0.2, 0.25) is 11.1 Å². The Morgan fingerprint density at radius 3 is 2.62 bits per heavy atom. The average molecular weight is 512 g/mol. The van der Waals surface area contributed by atoms with Gasteiger partial charge in [0.1, 0.15) is 6.04 Å². The second-order valence-corrected chi connectivity index (χ2v) is 9.48. The van der Waals surface area contributed by atoms with Gasteiger partial charge in [-0.05, 0) is 36.1 Å². The van der Waals surface area contributed by atoms with Crippen molar-refractivity contribution in [3.8, 4) is 0 Å². The molecule has 1 aliphatic heterocycles. The highest BCUT2D eigenvalue weighted by Gasteiger charge is 2.36. The number of carbonyl (C=O) groups is 1. The number of halogens is 1. The van der Waals surface area contributed by atoms with E-state index < -0.39 is 4.92 Å². The Morgan fingerprint density at radius 2 is 1.91 bits per heavy atom. The normalized spacial score (nSPS) is 17.5. The summed E-state index contributed by atoms with van der Waals surface area (Å²) < 4.78 is 2.77. The highest BCUT2D eigenvalue weighted by molar-refractivity contribution is 9.10. The molecule has 32 heavy (non-hydrogen) atoms. The number of nitrogens with zero attached hydrogens (tertiary/aromatic N) is 4. The van der Waals surface area contributed by atoms with Gasteiger partial charge in [0.25, 0.3) is 5.69 Å². The van der Waals surface area contributed by atoms with E-state index in [0.29, 0.717) is 23.3 Å². The summed E-state index contributed by atoms with van der Waals surface area (Å²) >= 11 is 4.93. The Bertz CT molecular complexity index is 1240. The van der Waals surface area contributed by atoms with E-state index in [0.717, 1.165) is 39.7 Å². The van der Waals surface area contributed by atoms with Crippen molar-refractivity contribution in [2.24, 2.45) is 0 Å². The maximum atomic E-state index is 12.9. The third kappa shape index (κ3) is 3.95. The van der Waals surface area contributed by atoms with Gasteiger partial charge >= 0.3 is 0 Å². The maximum Gasteiger partial charge on any atom is 0.269 e. The lowest BCUT2D eigenvalue weighted by molar-refractivity contribution is -0.384. The Hall–Kier alpha value is -2.98. The van der Waals surface area contributed by atoms with Crippen LogP contribution >= 0.6 is 27.7 Å². The van der Waals surface area contributed by atoms with Crippen LogP contribution in [0.3, 0.4) is 0 Å². The van der Waals surface area contributed by atoms with Gasteiger partial charge < -0.3 is 5.32 Å². The number of Topliss-reactive ketones (excluding diaryl/α,β-unsaturated/α-hetero) is 1. The number of hydrogen-bond donors (Lipinski definition) is 1. The fraction of sp³-hybridized carbons (Fsp3) is 0.227. The van der Waals surface area contributed by atoms with Crippen LogP contribution in [0.4, 0.5) is 11.6 Å². The van der Waals surface area contributed by atoms with Crippen LogP contribution in [0, 0.1) is 10.1 Å². The van der Waals surface area contributed by atoms with Crippen molar-refractivity contribution < 1.29 is 9.72 Å². The van der Waals surface area contributed by atoms with Gasteiger partial charge in [0.05, 0.1) is 4.92 Å². The molecule has 1 aromatic heterocycles. The van der Waals surface area contributed by atoms with Crippen LogP contribution in [0.1, 0.15) is 36.4 Å². The van der Waals surface area contributed by atoms with E-state index in [1.54, 1.807) is 16.8 Å². The van der Waals surface area contributed by atoms with Crippen LogP contribution in [0.15, 0.2) is 69.4 Å². The van der Waals surface area contributed by atoms with E-state index in [2.05, 4.69) is 26.2 Å². The summed E-state index contributed by atoms with van der Waals surface area (Å²) in [4.78, 5) is 28.0. The molecule has 2 aliphatic rings. The lowest BCUT2D eigenvalue weighted by Crippen LogP contribution is -2.31. The van der Waals surface area contributed by atoms with E-state index in [1.165, 1.54) is 23.9 Å². The highest BCUT2D eigenvalue weighted by Crippen LogP contribution is 2.41. The molecule has 0 amide bonds. The first-order valence-electron chi connectivity index (χ1n) is 10.1. The third-order valence-corrected chi connectivity index (χ3v) is 6.99. The van der Waals surface area contributed by atoms with Crippen molar-refractivity contribution >= 4 is 45.1 Å². The lowest BCUT2D eigenvalue weighted by Gasteiger charge is -2.32. The first-order valence-corrected chi connectivity index (χ1v) is 11.9. The second kappa shape index (κ2) is 8.51. The van der Waals surface area contributed by atoms with Gasteiger partial charge in [-0.15, -0.1) is 5.10 Å². The molecule has 0 saturated carbocycles. The number of fused-ring (bicyclic) bond motifs is 1. The molecule has 2 aromatic carbocycles. The lowest BCUT2D eigenvalue weighted by atomic mass is 9.85. The first kappa shape index (κ1) is 20.9. The number of benzene rings is 2. The molecule has 1 N–H and O–H groups in total. The predicted octanol–water partition coefficient (Wildman–Crippen LogP) is 5.26. The van der Waals surface area contributed by atoms with Crippen LogP contribution < -0.4 is 5.32 Å². The number of aromatic nitrogens is 3. The van der Waals surface area contributed by atoms with Crippen molar-refractivity contribution in [2.75, 3.05) is 5.32 Å². The summed E-state index contributed by atoms with van der Waals surface area (Å²) in [5, 5.41) is 19.5. The van der Waals surface area contributed by atoms with Crippen LogP contribution in [0.25, 0.3) is 0 Å². The second-order valence-electron chi connectivity index (χ2n) is 7.62. The molecule has 1 unspecified atom stereocenters. The largest absolute Gasteiger partial charge is 0.328 e. The number of nitro groups is 1. The monoisotopic (exact) mass is 511 g/mol. The highest BCUT2D eigenvalue weighted by atomic mass is 79.9. The molecule has 0 saturated heterocycles. The van der Waals surface area contributed by atoms with Crippen molar-refractivity contribution in [3.63, 3.8) is 0 Å². The topological polar surface area (TPSA) is 103 Å². The Labute approximate surface area is 196 Å². The number of anilines is 1. The van der Waals surface area contributed by atoms with Crippen LogP contribution in [0.2, 0.25) is 0 Å². The number of nitro benzene ring substituents is 1. The van der Waals surface area contributed by atoms with Gasteiger partial charge in [-0.1, -0.05) is 52.0 Å². The number of nitrogens with one attached hydrogen (secondary N) is 1. The summed E-state index contributed by atoms with van der Waals surface area (Å²) in [6.45, 7) is 0. The van der Waals surface area contributed by atoms with Crippen LogP contribution in [0.5, 0.6) is 0 Å². The number of allylic oxidation sites excluding steroid dienone is 2. The molecule has 10 heteroatoms. The molecule has 1 aliphatic carbocycles. The average Bonchev–Trinajstić information content (AvgIpc) is 3.20. The quantitative estimate of drug-likeness (QED) is 0.283. The van der Waals surface area contributed by atoms with E-state index in [4.69, 9.17) is 5.10 Å². The number of ketones is 1. The third-order valence-electron chi connectivity index (χ3n) is 5.55. The van der Waals surface area contributed by atoms with Crippen molar-refractivity contribution in [1.29, 1.82) is 0 Å². The molecule has 0 bridgehead atoms. The fourth-order valence-corrected chi connectivity index (χ4v) is 5.06. The summed E-state index contributed by atoms with van der Waals surface area (Å²) in [6, 6.07) is 14.1. The smallest absolute Gasteiger partial charge is 0.269 e. The number of carbonyl (C=O) groups excluding carboxylic acids is 1. The van der Waals surface area contributed by atoms with Gasteiger partial charge in [0, 0.05) is 40.0 Å². The number of hydrogen-bond acceptors (Lipinski definition) is 7. The summed E-state index contributed by atoms with van der Waals surface area (Å²) in [7, 11) is 0. The minimum absolute atomic E-state index is 0.0668. The van der Waals surface area contributed by atoms with Gasteiger partial charge in [-0.2, -0.15) is 4.98 Å². The minimum Gasteiger partial charge on any atom is -0.328 e. The molecule has 0 spiro atoms. The van der Waals surface area contributed by atoms with E-state index in [9.17, 15) is 14.9 Å². The number of thioether (sulfide) groups is 1. The molecule has 0 fully saturated rings. The summed E-state index contributed by atoms with van der Waals surface area (Å²) in [5.41, 5.74) is 3.69. The first-order chi connectivity index (χ1) is 15.5. The maximum absolute atomic E-state index is 12.9. The Balaban J connectivity index is 1.45. The molecule has 3 aromatic rings. The van der Waals surface area contributed by atoms with Gasteiger partial charge in [-0.25, -0.2) is 4.68 Å². The molecule has 2 heterocycles. The summed E-state index contributed by atoms with van der Waals surface area (Å²) in [6.07, 6.45) is 2.18. The minimum atomic E-state index is -0.411. The van der Waals surface area contributed by atoms with Crippen molar-refractivity contribution in [2.45, 2.75) is 36.2 Å². The van der Waals surface area contributed by atoms with Gasteiger partial charge in [-0.3, -0.25) is 14.9 Å². The zero-order chi connectivity index (χ0) is 22.2. The van der Waals surface area contributed by atoms with Gasteiger partial charge in [0.15, 0.2) is 5.78 Å². The van der Waals surface area contributed by atoms with Crippen molar-refractivity contribution in [1.82, 2.24) is 14.8 Å². The van der Waals surface area contributed by atoms with E-state index in [-0.39, 0.29) is 17.5 Å². The van der Waals surface area contributed by atoms with E-state index in [1.807, 2.05) is 24.3 Å². The zero-order valence-electron chi connectivity index (χ0n) is 16.8. The molecule has 0 radical (unpaired) electrons. The number of rotatable bonds is 5. The molecular formula is C22H18BrN5O3S. The standard InChI is InChI=1S/C22H18BrN5O3S/c23-15-8-6-14(7-9-15)20-19-17(2-1-3-18(19)29)24-21-25-22(26-27(20)21)32-12-13-4-10-16(11-5-13)28(30)31/h4-11,20H,1-3,12H2,(H,24,25,26). The Kier molecular flexibility index (Phi) is 5.56. The summed E-state index contributed by atoms with van der Waals surface area (Å²) in [5.74, 6) is 1.35. The molecule has 5 rings (SSSR count). The molecule has 1 atom stereocenters. The van der Waals surface area contributed by atoms with Crippen LogP contribution in [-0.4, -0.2) is 25.5 Å². The van der Waals surface area contributed by atoms with Crippen molar-refractivity contribution in [3.05, 3.63) is 85.5 Å². The van der Waals surface area contributed by atoms with E-state index >= 15 is 0 Å². The molecule has 8 nitrogen and oxygen atoms in total. The SMILES string of the molecule is O=C1CCCC2=C1C(c1ccc(Br)cc1)n1nc(SCc3ccc([N+](=O)[O-])cc3)nc1N2. The predicted molar refractivity (Wildman–Crippen MR) is 124 cm³/mol. The zero-order valence-corrected chi connectivity index (χ0v) is 19.2. The molecular weight excluding hydrogens is 494 g/mol. The van der Waals surface area contributed by atoms with Crippen LogP contribution in [-0.2, 0) is 10.5 Å².